The van der Waals surface area contributed by atoms with E-state index in [-0.39, 0.29) is 49.1 Å². The summed E-state index contributed by atoms with van der Waals surface area (Å²) in [5.41, 5.74) is 2.28. The van der Waals surface area contributed by atoms with Crippen molar-refractivity contribution in [1.29, 1.82) is 0 Å². The number of hydrogen-bond donors (Lipinski definition) is 0. The standard InChI is InChI=1S/C34H41FN4O6/c1-6-45-34(43)39-19-21(2)38(18-22(39)3)33(42)31(40)28-20-36(4)29-17-30(44-5)27(16-26(28)29)32(41)37-13-11-24(12-14-37)15-23-7-9-25(35)10-8-23/h7-10,16-17,20-22,24H,6,11-15,18-19H2,1-5H3/t21?,22-/m1/s1. The molecular formula is C34H41FN4O6. The van der Waals surface area contributed by atoms with E-state index >= 15 is 0 Å². The predicted octanol–water partition coefficient (Wildman–Crippen LogP) is 4.68. The predicted molar refractivity (Wildman–Crippen MR) is 167 cm³/mol. The lowest BCUT2D eigenvalue weighted by atomic mass is 9.90. The van der Waals surface area contributed by atoms with E-state index in [4.69, 9.17) is 9.47 Å². The topological polar surface area (TPSA) is 101 Å². The summed E-state index contributed by atoms with van der Waals surface area (Å²) in [5, 5.41) is 0.497. The highest BCUT2D eigenvalue weighted by atomic mass is 19.1. The fourth-order valence-corrected chi connectivity index (χ4v) is 6.51. The van der Waals surface area contributed by atoms with Crippen molar-refractivity contribution in [2.75, 3.05) is 39.9 Å². The molecule has 2 saturated heterocycles. The van der Waals surface area contributed by atoms with Crippen LogP contribution in [0.25, 0.3) is 10.9 Å². The third kappa shape index (κ3) is 6.53. The lowest BCUT2D eigenvalue weighted by Gasteiger charge is -2.43. The number of ether oxygens (including phenoxy) is 2. The summed E-state index contributed by atoms with van der Waals surface area (Å²) < 4.78 is 25.8. The van der Waals surface area contributed by atoms with Gasteiger partial charge in [0, 0.05) is 63.0 Å². The number of likely N-dealkylation sites (tertiary alicyclic amines) is 1. The van der Waals surface area contributed by atoms with Crippen LogP contribution >= 0.6 is 0 Å². The molecule has 2 atom stereocenters. The van der Waals surface area contributed by atoms with Gasteiger partial charge in [0.15, 0.2) is 0 Å². The number of methoxy groups -OCH3 is 1. The fraction of sp³-hybridized carbons (Fsp3) is 0.471. The van der Waals surface area contributed by atoms with Gasteiger partial charge in [0.25, 0.3) is 17.6 Å². The monoisotopic (exact) mass is 620 g/mol. The normalized spacial score (nSPS) is 19.1. The van der Waals surface area contributed by atoms with E-state index in [0.717, 1.165) is 24.8 Å². The summed E-state index contributed by atoms with van der Waals surface area (Å²) in [7, 11) is 3.28. The number of carbonyl (C=O) groups excluding carboxylic acids is 4. The van der Waals surface area contributed by atoms with Crippen LogP contribution in [0.4, 0.5) is 9.18 Å². The molecule has 0 N–H and O–H groups in total. The molecule has 5 rings (SSSR count). The quantitative estimate of drug-likeness (QED) is 0.281. The van der Waals surface area contributed by atoms with Crippen LogP contribution in [0, 0.1) is 11.7 Å². The molecule has 240 valence electrons. The Kier molecular flexibility index (Phi) is 9.45. The number of piperidine rings is 1. The zero-order chi connectivity index (χ0) is 32.4. The van der Waals surface area contributed by atoms with E-state index in [1.165, 1.54) is 24.1 Å². The number of carbonyl (C=O) groups is 4. The van der Waals surface area contributed by atoms with Crippen molar-refractivity contribution in [3.63, 3.8) is 0 Å². The number of benzene rings is 2. The first-order valence-corrected chi connectivity index (χ1v) is 15.5. The van der Waals surface area contributed by atoms with Gasteiger partial charge in [-0.2, -0.15) is 0 Å². The molecule has 3 aromatic rings. The Hall–Kier alpha value is -4.41. The number of ketones is 1. The number of piperazine rings is 1. The summed E-state index contributed by atoms with van der Waals surface area (Å²) in [5.74, 6) is -0.995. The van der Waals surface area contributed by atoms with Crippen LogP contribution in [-0.4, -0.2) is 94.9 Å². The summed E-state index contributed by atoms with van der Waals surface area (Å²) in [6, 6.07) is 9.24. The minimum absolute atomic E-state index is 0.194. The van der Waals surface area contributed by atoms with Crippen molar-refractivity contribution in [1.82, 2.24) is 19.3 Å². The van der Waals surface area contributed by atoms with E-state index in [1.807, 2.05) is 6.92 Å². The third-order valence-electron chi connectivity index (χ3n) is 9.07. The maximum absolute atomic E-state index is 13.8. The van der Waals surface area contributed by atoms with Crippen LogP contribution in [-0.2, 0) is 23.0 Å². The molecule has 3 amide bonds. The van der Waals surface area contributed by atoms with Crippen LogP contribution in [0.1, 0.15) is 59.9 Å². The summed E-state index contributed by atoms with van der Waals surface area (Å²) in [6.45, 7) is 7.21. The van der Waals surface area contributed by atoms with Crippen molar-refractivity contribution in [2.45, 2.75) is 52.1 Å². The highest BCUT2D eigenvalue weighted by Gasteiger charge is 2.38. The van der Waals surface area contributed by atoms with Gasteiger partial charge in [-0.25, -0.2) is 9.18 Å². The van der Waals surface area contributed by atoms with Crippen molar-refractivity contribution in [3.05, 3.63) is 65.1 Å². The number of Topliss-reactive ketones (excluding diaryl/α,β-unsaturated/α-hetero) is 1. The first kappa shape index (κ1) is 32.0. The Labute approximate surface area is 262 Å². The van der Waals surface area contributed by atoms with Gasteiger partial charge >= 0.3 is 6.09 Å². The van der Waals surface area contributed by atoms with Crippen molar-refractivity contribution in [3.8, 4) is 5.75 Å². The van der Waals surface area contributed by atoms with Gasteiger partial charge in [0.05, 0.1) is 30.4 Å². The zero-order valence-corrected chi connectivity index (χ0v) is 26.5. The molecule has 0 saturated carbocycles. The van der Waals surface area contributed by atoms with Crippen LogP contribution in [0.5, 0.6) is 5.75 Å². The lowest BCUT2D eigenvalue weighted by molar-refractivity contribution is -0.131. The SMILES string of the molecule is CCOC(=O)N1CC(C)N(C(=O)C(=O)c2cn(C)c3cc(OC)c(C(=O)N4CCC(Cc5ccc(F)cc5)CC4)cc23)C[C@H]1C. The molecule has 11 heteroatoms. The molecule has 1 unspecified atom stereocenters. The van der Waals surface area contributed by atoms with E-state index in [9.17, 15) is 23.6 Å². The molecule has 0 aliphatic carbocycles. The average Bonchev–Trinajstić information content (AvgIpc) is 3.36. The molecule has 45 heavy (non-hydrogen) atoms. The van der Waals surface area contributed by atoms with Crippen molar-refractivity contribution >= 4 is 34.6 Å². The highest BCUT2D eigenvalue weighted by molar-refractivity contribution is 6.45. The molecule has 0 bridgehead atoms. The van der Waals surface area contributed by atoms with Crippen LogP contribution < -0.4 is 4.74 Å². The van der Waals surface area contributed by atoms with E-state index in [2.05, 4.69) is 0 Å². The number of aromatic nitrogens is 1. The van der Waals surface area contributed by atoms with Gasteiger partial charge in [-0.3, -0.25) is 14.4 Å². The Bertz CT molecular complexity index is 1590. The largest absolute Gasteiger partial charge is 0.496 e. The van der Waals surface area contributed by atoms with Crippen LogP contribution in [0.3, 0.4) is 0 Å². The van der Waals surface area contributed by atoms with Gasteiger partial charge < -0.3 is 28.7 Å². The smallest absolute Gasteiger partial charge is 0.410 e. The minimum Gasteiger partial charge on any atom is -0.496 e. The average molecular weight is 621 g/mol. The third-order valence-corrected chi connectivity index (χ3v) is 9.07. The first-order valence-electron chi connectivity index (χ1n) is 15.5. The van der Waals surface area contributed by atoms with Crippen molar-refractivity contribution in [2.24, 2.45) is 13.0 Å². The summed E-state index contributed by atoms with van der Waals surface area (Å²) >= 11 is 0. The molecular weight excluding hydrogens is 579 g/mol. The summed E-state index contributed by atoms with van der Waals surface area (Å²) in [6.07, 6.45) is 3.64. The van der Waals surface area contributed by atoms with Gasteiger partial charge in [-0.1, -0.05) is 12.1 Å². The lowest BCUT2D eigenvalue weighted by Crippen LogP contribution is -2.60. The number of aryl methyl sites for hydroxylation is 1. The first-order chi connectivity index (χ1) is 21.5. The second-order valence-corrected chi connectivity index (χ2v) is 12.1. The van der Waals surface area contributed by atoms with Gasteiger partial charge in [0.1, 0.15) is 11.6 Å². The van der Waals surface area contributed by atoms with Crippen LogP contribution in [0.2, 0.25) is 0 Å². The second kappa shape index (κ2) is 13.3. The molecule has 2 aliphatic heterocycles. The molecule has 3 heterocycles. The molecule has 2 fully saturated rings. The van der Waals surface area contributed by atoms with Gasteiger partial charge in [0.2, 0.25) is 0 Å². The zero-order valence-electron chi connectivity index (χ0n) is 26.5. The number of rotatable bonds is 7. The molecule has 2 aromatic carbocycles. The molecule has 1 aromatic heterocycles. The Morgan fingerprint density at radius 3 is 2.22 bits per heavy atom. The fourth-order valence-electron chi connectivity index (χ4n) is 6.51. The number of hydrogen-bond acceptors (Lipinski definition) is 6. The number of halogens is 1. The Morgan fingerprint density at radius 1 is 0.933 bits per heavy atom. The van der Waals surface area contributed by atoms with E-state index < -0.39 is 17.8 Å². The summed E-state index contributed by atoms with van der Waals surface area (Å²) in [4.78, 5) is 58.4. The molecule has 0 radical (unpaired) electrons. The van der Waals surface area contributed by atoms with E-state index in [1.54, 1.807) is 65.7 Å². The Morgan fingerprint density at radius 2 is 1.58 bits per heavy atom. The number of nitrogens with zero attached hydrogens (tertiary/aromatic N) is 4. The number of amides is 3. The van der Waals surface area contributed by atoms with E-state index in [0.29, 0.717) is 41.2 Å². The van der Waals surface area contributed by atoms with Gasteiger partial charge in [-0.05, 0) is 69.7 Å². The minimum atomic E-state index is -0.672. The Balaban J connectivity index is 1.34. The van der Waals surface area contributed by atoms with Crippen molar-refractivity contribution < 1.29 is 33.0 Å². The highest BCUT2D eigenvalue weighted by Crippen LogP contribution is 2.32. The molecule has 10 nitrogen and oxygen atoms in total. The second-order valence-electron chi connectivity index (χ2n) is 12.1. The molecule has 2 aliphatic rings. The van der Waals surface area contributed by atoms with Crippen LogP contribution in [0.15, 0.2) is 42.6 Å². The maximum atomic E-state index is 13.8. The maximum Gasteiger partial charge on any atom is 0.410 e. The number of fused-ring (bicyclic) bond motifs is 1. The van der Waals surface area contributed by atoms with Gasteiger partial charge in [-0.15, -0.1) is 0 Å². The molecule has 0 spiro atoms.